The number of nitrogens with zero attached hydrogens (tertiary/aromatic N) is 5. The zero-order valence-electron chi connectivity index (χ0n) is 11.8. The second-order valence-corrected chi connectivity index (χ2v) is 5.33. The fraction of sp³-hybridized carbons (Fsp3) is 0.286. The number of hydrogen-bond acceptors (Lipinski definition) is 6. The molecule has 1 aromatic heterocycles. The number of benzene rings is 1. The summed E-state index contributed by atoms with van der Waals surface area (Å²) >= 11 is 5.86. The van der Waals surface area contributed by atoms with E-state index >= 15 is 0 Å². The van der Waals surface area contributed by atoms with Gasteiger partial charge in [-0.05, 0) is 24.3 Å². The molecule has 0 unspecified atom stereocenters. The lowest BCUT2D eigenvalue weighted by Crippen LogP contribution is -2.46. The molecule has 1 amide bonds. The Balaban J connectivity index is 1.70. The van der Waals surface area contributed by atoms with Gasteiger partial charge in [-0.1, -0.05) is 11.6 Å². The number of hydrogen-bond donors (Lipinski definition) is 1. The van der Waals surface area contributed by atoms with Crippen LogP contribution in [-0.2, 0) is 4.79 Å². The molecule has 1 aliphatic rings. The monoisotopic (exact) mass is 318 g/mol. The normalized spacial score (nSPS) is 14.8. The number of rotatable bonds is 4. The van der Waals surface area contributed by atoms with E-state index in [-0.39, 0.29) is 0 Å². The van der Waals surface area contributed by atoms with Crippen molar-refractivity contribution in [3.05, 3.63) is 35.5 Å². The molecule has 114 valence electrons. The number of halogens is 1. The van der Waals surface area contributed by atoms with Crippen LogP contribution in [0.2, 0.25) is 5.02 Å². The molecule has 0 atom stereocenters. The molecule has 0 bridgehead atoms. The van der Waals surface area contributed by atoms with Crippen molar-refractivity contribution in [3.8, 4) is 0 Å². The first-order valence-electron chi connectivity index (χ1n) is 6.91. The van der Waals surface area contributed by atoms with Crippen molar-refractivity contribution in [2.45, 2.75) is 0 Å². The highest BCUT2D eigenvalue weighted by Gasteiger charge is 2.17. The van der Waals surface area contributed by atoms with E-state index in [1.165, 1.54) is 0 Å². The molecule has 7 nitrogen and oxygen atoms in total. The molecule has 2 aromatic rings. The summed E-state index contributed by atoms with van der Waals surface area (Å²) in [4.78, 5) is 19.0. The van der Waals surface area contributed by atoms with Gasteiger partial charge in [-0.3, -0.25) is 4.79 Å². The first kappa shape index (κ1) is 14.5. The van der Waals surface area contributed by atoms with E-state index in [1.54, 1.807) is 23.2 Å². The van der Waals surface area contributed by atoms with Gasteiger partial charge >= 0.3 is 0 Å². The molecule has 22 heavy (non-hydrogen) atoms. The summed E-state index contributed by atoms with van der Waals surface area (Å²) in [6.45, 7) is 2.84. The Morgan fingerprint density at radius 2 is 1.86 bits per heavy atom. The highest BCUT2D eigenvalue weighted by molar-refractivity contribution is 6.30. The predicted molar refractivity (Wildman–Crippen MR) is 84.4 cm³/mol. The Morgan fingerprint density at radius 3 is 2.55 bits per heavy atom. The van der Waals surface area contributed by atoms with Crippen LogP contribution < -0.4 is 10.2 Å². The molecule has 1 aliphatic heterocycles. The van der Waals surface area contributed by atoms with Gasteiger partial charge in [0.1, 0.15) is 0 Å². The van der Waals surface area contributed by atoms with Gasteiger partial charge in [-0.2, -0.15) is 10.1 Å². The zero-order valence-corrected chi connectivity index (χ0v) is 12.6. The largest absolute Gasteiger partial charge is 0.352 e. The summed E-state index contributed by atoms with van der Waals surface area (Å²) in [5.41, 5.74) is 0.842. The number of anilines is 3. The maximum absolute atomic E-state index is 10.7. The van der Waals surface area contributed by atoms with Crippen molar-refractivity contribution in [1.29, 1.82) is 0 Å². The minimum atomic E-state index is 0.428. The van der Waals surface area contributed by atoms with Gasteiger partial charge in [0.25, 0.3) is 0 Å². The van der Waals surface area contributed by atoms with Crippen LogP contribution in [-0.4, -0.2) is 52.7 Å². The number of piperazine rings is 1. The third-order valence-corrected chi connectivity index (χ3v) is 3.69. The molecule has 3 rings (SSSR count). The molecule has 0 saturated carbocycles. The van der Waals surface area contributed by atoms with Crippen LogP contribution >= 0.6 is 11.6 Å². The standard InChI is InChI=1S/C14H15ClN6O/c15-11-1-3-12(4-2-11)17-14-18-13(9-16-19-14)21-7-5-20(10-22)6-8-21/h1-4,9-10H,5-8H2,(H,17,18,19). The second kappa shape index (κ2) is 6.57. The van der Waals surface area contributed by atoms with Gasteiger partial charge in [-0.15, -0.1) is 5.10 Å². The lowest BCUT2D eigenvalue weighted by atomic mass is 10.3. The summed E-state index contributed by atoms with van der Waals surface area (Å²) in [5, 5.41) is 11.7. The Kier molecular flexibility index (Phi) is 4.34. The van der Waals surface area contributed by atoms with E-state index in [0.717, 1.165) is 31.0 Å². The van der Waals surface area contributed by atoms with Crippen molar-refractivity contribution in [1.82, 2.24) is 20.1 Å². The summed E-state index contributed by atoms with van der Waals surface area (Å²) in [6, 6.07) is 7.28. The number of carbonyl (C=O) groups is 1. The van der Waals surface area contributed by atoms with Crippen LogP contribution in [0.5, 0.6) is 0 Å². The van der Waals surface area contributed by atoms with Crippen LogP contribution in [0.3, 0.4) is 0 Å². The van der Waals surface area contributed by atoms with Crippen molar-refractivity contribution < 1.29 is 4.79 Å². The van der Waals surface area contributed by atoms with Crippen LogP contribution in [0, 0.1) is 0 Å². The molecule has 1 aromatic carbocycles. The Bertz CT molecular complexity index is 642. The minimum Gasteiger partial charge on any atom is -0.352 e. The zero-order chi connectivity index (χ0) is 15.4. The fourth-order valence-corrected chi connectivity index (χ4v) is 2.34. The lowest BCUT2D eigenvalue weighted by molar-refractivity contribution is -0.118. The quantitative estimate of drug-likeness (QED) is 0.862. The predicted octanol–water partition coefficient (Wildman–Crippen LogP) is 1.55. The van der Waals surface area contributed by atoms with Crippen LogP contribution in [0.15, 0.2) is 30.5 Å². The smallest absolute Gasteiger partial charge is 0.249 e. The third-order valence-electron chi connectivity index (χ3n) is 3.43. The summed E-state index contributed by atoms with van der Waals surface area (Å²) in [7, 11) is 0. The molecule has 0 radical (unpaired) electrons. The van der Waals surface area contributed by atoms with Crippen molar-refractivity contribution >= 4 is 35.5 Å². The van der Waals surface area contributed by atoms with Crippen molar-refractivity contribution in [3.63, 3.8) is 0 Å². The topological polar surface area (TPSA) is 74.2 Å². The highest BCUT2D eigenvalue weighted by atomic mass is 35.5. The van der Waals surface area contributed by atoms with E-state index in [0.29, 0.717) is 24.1 Å². The molecule has 0 aliphatic carbocycles. The van der Waals surface area contributed by atoms with Gasteiger partial charge < -0.3 is 15.1 Å². The average molecular weight is 319 g/mol. The molecule has 8 heteroatoms. The summed E-state index contributed by atoms with van der Waals surface area (Å²) in [6.07, 6.45) is 2.51. The Labute approximate surface area is 132 Å². The van der Waals surface area contributed by atoms with Crippen molar-refractivity contribution in [2.24, 2.45) is 0 Å². The third kappa shape index (κ3) is 3.43. The number of aromatic nitrogens is 3. The van der Waals surface area contributed by atoms with Gasteiger partial charge in [0.15, 0.2) is 5.82 Å². The average Bonchev–Trinajstić information content (AvgIpc) is 2.57. The molecular weight excluding hydrogens is 304 g/mol. The first-order valence-corrected chi connectivity index (χ1v) is 7.29. The second-order valence-electron chi connectivity index (χ2n) is 4.90. The molecule has 1 N–H and O–H groups in total. The number of nitrogens with one attached hydrogen (secondary N) is 1. The molecular formula is C14H15ClN6O. The van der Waals surface area contributed by atoms with Crippen LogP contribution in [0.1, 0.15) is 0 Å². The molecule has 1 fully saturated rings. The maximum atomic E-state index is 10.7. The Hall–Kier alpha value is -2.41. The van der Waals surface area contributed by atoms with Gasteiger partial charge in [0.05, 0.1) is 6.20 Å². The Morgan fingerprint density at radius 1 is 1.14 bits per heavy atom. The maximum Gasteiger partial charge on any atom is 0.249 e. The van der Waals surface area contributed by atoms with E-state index in [2.05, 4.69) is 25.4 Å². The van der Waals surface area contributed by atoms with E-state index in [4.69, 9.17) is 11.6 Å². The SMILES string of the molecule is O=CN1CCN(c2cnnc(Nc3ccc(Cl)cc3)n2)CC1. The number of carbonyl (C=O) groups excluding carboxylic acids is 1. The fourth-order valence-electron chi connectivity index (χ4n) is 2.22. The molecule has 0 spiro atoms. The number of amides is 1. The molecule has 2 heterocycles. The van der Waals surface area contributed by atoms with Gasteiger partial charge in [0.2, 0.25) is 12.4 Å². The van der Waals surface area contributed by atoms with E-state index < -0.39 is 0 Å². The van der Waals surface area contributed by atoms with Gasteiger partial charge in [-0.25, -0.2) is 0 Å². The summed E-state index contributed by atoms with van der Waals surface area (Å²) < 4.78 is 0. The highest BCUT2D eigenvalue weighted by Crippen LogP contribution is 2.18. The first-order chi connectivity index (χ1) is 10.7. The van der Waals surface area contributed by atoms with Crippen LogP contribution in [0.4, 0.5) is 17.5 Å². The van der Waals surface area contributed by atoms with E-state index in [9.17, 15) is 4.79 Å². The minimum absolute atomic E-state index is 0.428. The van der Waals surface area contributed by atoms with Crippen molar-refractivity contribution in [2.75, 3.05) is 36.4 Å². The summed E-state index contributed by atoms with van der Waals surface area (Å²) in [5.74, 6) is 1.18. The molecule has 1 saturated heterocycles. The van der Waals surface area contributed by atoms with E-state index in [1.807, 2.05) is 12.1 Å². The lowest BCUT2D eigenvalue weighted by Gasteiger charge is -2.33. The van der Waals surface area contributed by atoms with Crippen LogP contribution in [0.25, 0.3) is 0 Å². The van der Waals surface area contributed by atoms with Gasteiger partial charge in [0, 0.05) is 36.9 Å².